The van der Waals surface area contributed by atoms with Gasteiger partial charge in [-0.05, 0) is 26.3 Å². The number of aliphatic hydroxyl groups is 1. The quantitative estimate of drug-likeness (QED) is 0.428. The standard InChI is InChI=1S/C11H22N4O.HI/c1-14-6-5-11(16,8-14)7-13-10(12)15(2)9-3-4-9;/h9,16H,3-8H2,1-2H3,(H2,12,13);1H. The summed E-state index contributed by atoms with van der Waals surface area (Å²) < 4.78 is 0. The summed E-state index contributed by atoms with van der Waals surface area (Å²) in [6.07, 6.45) is 3.20. The second-order valence-corrected chi connectivity index (χ2v) is 5.23. The Morgan fingerprint density at radius 1 is 1.59 bits per heavy atom. The fourth-order valence-electron chi connectivity index (χ4n) is 2.18. The first-order valence-electron chi connectivity index (χ1n) is 5.94. The van der Waals surface area contributed by atoms with E-state index in [2.05, 4.69) is 9.89 Å². The van der Waals surface area contributed by atoms with Crippen molar-refractivity contribution < 1.29 is 5.11 Å². The number of hydrogen-bond acceptors (Lipinski definition) is 3. The summed E-state index contributed by atoms with van der Waals surface area (Å²) in [5, 5.41) is 10.2. The number of nitrogens with two attached hydrogens (primary N) is 1. The Bertz CT molecular complexity index is 295. The number of halogens is 1. The van der Waals surface area contributed by atoms with Crippen molar-refractivity contribution in [2.45, 2.75) is 30.9 Å². The maximum absolute atomic E-state index is 10.2. The second kappa shape index (κ2) is 5.71. The molecule has 3 N–H and O–H groups in total. The van der Waals surface area contributed by atoms with Gasteiger partial charge in [0.1, 0.15) is 0 Å². The molecule has 100 valence electrons. The molecule has 0 spiro atoms. The summed E-state index contributed by atoms with van der Waals surface area (Å²) in [7, 11) is 3.99. The van der Waals surface area contributed by atoms with Crippen LogP contribution in [0.2, 0.25) is 0 Å². The zero-order chi connectivity index (χ0) is 11.8. The van der Waals surface area contributed by atoms with E-state index in [9.17, 15) is 5.11 Å². The monoisotopic (exact) mass is 354 g/mol. The van der Waals surface area contributed by atoms with Crippen molar-refractivity contribution in [2.24, 2.45) is 10.7 Å². The van der Waals surface area contributed by atoms with Crippen molar-refractivity contribution in [3.63, 3.8) is 0 Å². The van der Waals surface area contributed by atoms with Crippen molar-refractivity contribution in [3.8, 4) is 0 Å². The van der Waals surface area contributed by atoms with Crippen molar-refractivity contribution >= 4 is 29.9 Å². The van der Waals surface area contributed by atoms with Gasteiger partial charge in [-0.3, -0.25) is 4.99 Å². The Balaban J connectivity index is 0.00000144. The molecule has 6 heteroatoms. The summed E-state index contributed by atoms with van der Waals surface area (Å²) in [5.41, 5.74) is 5.20. The van der Waals surface area contributed by atoms with E-state index in [1.54, 1.807) is 0 Å². The van der Waals surface area contributed by atoms with Gasteiger partial charge in [0.2, 0.25) is 0 Å². The summed E-state index contributed by atoms with van der Waals surface area (Å²) in [6, 6.07) is 0.574. The molecule has 1 heterocycles. The van der Waals surface area contributed by atoms with E-state index in [0.717, 1.165) is 13.0 Å². The molecule has 2 fully saturated rings. The van der Waals surface area contributed by atoms with Gasteiger partial charge in [0.15, 0.2) is 5.96 Å². The summed E-state index contributed by atoms with van der Waals surface area (Å²) in [6.45, 7) is 2.04. The van der Waals surface area contributed by atoms with Gasteiger partial charge in [0.05, 0.1) is 12.1 Å². The van der Waals surface area contributed by atoms with Crippen molar-refractivity contribution in [2.75, 3.05) is 33.7 Å². The maximum atomic E-state index is 10.2. The highest BCUT2D eigenvalue weighted by molar-refractivity contribution is 14.0. The number of rotatable bonds is 3. The number of likely N-dealkylation sites (tertiary alicyclic amines) is 1. The average molecular weight is 354 g/mol. The molecule has 0 aromatic rings. The molecule has 1 aliphatic carbocycles. The third-order valence-corrected chi connectivity index (χ3v) is 3.51. The molecule has 0 aromatic carbocycles. The molecular formula is C11H23IN4O. The Morgan fingerprint density at radius 3 is 2.71 bits per heavy atom. The minimum absolute atomic E-state index is 0. The fraction of sp³-hybridized carbons (Fsp3) is 0.909. The first kappa shape index (κ1) is 15.0. The Kier molecular flexibility index (Phi) is 5.03. The highest BCUT2D eigenvalue weighted by atomic mass is 127. The van der Waals surface area contributed by atoms with Crippen LogP contribution in [0.5, 0.6) is 0 Å². The van der Waals surface area contributed by atoms with Gasteiger partial charge in [-0.15, -0.1) is 24.0 Å². The molecule has 1 saturated carbocycles. The first-order chi connectivity index (χ1) is 7.50. The van der Waals surface area contributed by atoms with Crippen LogP contribution in [0.3, 0.4) is 0 Å². The Labute approximate surface area is 120 Å². The largest absolute Gasteiger partial charge is 0.387 e. The minimum Gasteiger partial charge on any atom is -0.387 e. The van der Waals surface area contributed by atoms with Crippen LogP contribution in [0.1, 0.15) is 19.3 Å². The molecule has 2 rings (SSSR count). The number of likely N-dealkylation sites (N-methyl/N-ethyl adjacent to an activating group) is 1. The highest BCUT2D eigenvalue weighted by Crippen LogP contribution is 2.25. The van der Waals surface area contributed by atoms with Crippen LogP contribution in [-0.2, 0) is 0 Å². The molecule has 1 saturated heterocycles. The lowest BCUT2D eigenvalue weighted by Crippen LogP contribution is -2.40. The predicted octanol–water partition coefficient (Wildman–Crippen LogP) is 0.0799. The van der Waals surface area contributed by atoms with Crippen LogP contribution < -0.4 is 5.73 Å². The molecule has 1 atom stereocenters. The van der Waals surface area contributed by atoms with E-state index in [-0.39, 0.29) is 24.0 Å². The average Bonchev–Trinajstić information content (AvgIpc) is 3.02. The molecule has 0 radical (unpaired) electrons. The molecule has 0 aromatic heterocycles. The second-order valence-electron chi connectivity index (χ2n) is 5.23. The molecule has 0 amide bonds. The van der Waals surface area contributed by atoms with Gasteiger partial charge in [0, 0.05) is 26.2 Å². The molecule has 1 unspecified atom stereocenters. The predicted molar refractivity (Wildman–Crippen MR) is 79.8 cm³/mol. The zero-order valence-corrected chi connectivity index (χ0v) is 12.9. The zero-order valence-electron chi connectivity index (χ0n) is 10.6. The minimum atomic E-state index is -0.677. The molecule has 0 bridgehead atoms. The molecule has 5 nitrogen and oxygen atoms in total. The van der Waals surface area contributed by atoms with Gasteiger partial charge in [0.25, 0.3) is 0 Å². The topological polar surface area (TPSA) is 65.1 Å². The lowest BCUT2D eigenvalue weighted by atomic mass is 10.0. The molecule has 2 aliphatic rings. The number of guanidine groups is 1. The van der Waals surface area contributed by atoms with E-state index in [1.807, 2.05) is 19.0 Å². The highest BCUT2D eigenvalue weighted by Gasteiger charge is 2.34. The number of hydrogen-bond donors (Lipinski definition) is 2. The number of aliphatic imine (C=N–C) groups is 1. The van der Waals surface area contributed by atoms with Gasteiger partial charge in [-0.2, -0.15) is 0 Å². The maximum Gasteiger partial charge on any atom is 0.191 e. The van der Waals surface area contributed by atoms with Crippen LogP contribution in [-0.4, -0.2) is 66.2 Å². The van der Waals surface area contributed by atoms with Crippen molar-refractivity contribution in [1.82, 2.24) is 9.80 Å². The van der Waals surface area contributed by atoms with Crippen LogP contribution in [0.25, 0.3) is 0 Å². The van der Waals surface area contributed by atoms with Gasteiger partial charge in [-0.1, -0.05) is 0 Å². The van der Waals surface area contributed by atoms with E-state index in [4.69, 9.17) is 5.73 Å². The Hall–Kier alpha value is -0.0800. The third kappa shape index (κ3) is 3.96. The van der Waals surface area contributed by atoms with Crippen LogP contribution in [0.15, 0.2) is 4.99 Å². The lowest BCUT2D eigenvalue weighted by molar-refractivity contribution is 0.0612. The summed E-state index contributed by atoms with van der Waals surface area (Å²) in [5.74, 6) is 0.561. The van der Waals surface area contributed by atoms with E-state index in [0.29, 0.717) is 25.1 Å². The number of β-amino-alcohol motifs (C(OH)–C–C–N with tert-alkyl or cyclic N) is 1. The summed E-state index contributed by atoms with van der Waals surface area (Å²) >= 11 is 0. The van der Waals surface area contributed by atoms with Gasteiger partial charge < -0.3 is 20.6 Å². The SMILES string of the molecule is CN1CCC(O)(CN=C(N)N(C)C2CC2)C1.I. The van der Waals surface area contributed by atoms with Crippen molar-refractivity contribution in [1.29, 1.82) is 0 Å². The van der Waals surface area contributed by atoms with Crippen LogP contribution >= 0.6 is 24.0 Å². The normalized spacial score (nSPS) is 30.2. The molecule has 17 heavy (non-hydrogen) atoms. The van der Waals surface area contributed by atoms with E-state index < -0.39 is 5.60 Å². The first-order valence-corrected chi connectivity index (χ1v) is 5.94. The van der Waals surface area contributed by atoms with Crippen molar-refractivity contribution in [3.05, 3.63) is 0 Å². The summed E-state index contributed by atoms with van der Waals surface area (Å²) in [4.78, 5) is 8.45. The van der Waals surface area contributed by atoms with Gasteiger partial charge in [-0.25, -0.2) is 0 Å². The van der Waals surface area contributed by atoms with E-state index in [1.165, 1.54) is 12.8 Å². The molecular weight excluding hydrogens is 331 g/mol. The fourth-order valence-corrected chi connectivity index (χ4v) is 2.18. The van der Waals surface area contributed by atoms with Crippen LogP contribution in [0.4, 0.5) is 0 Å². The smallest absolute Gasteiger partial charge is 0.191 e. The number of nitrogens with zero attached hydrogens (tertiary/aromatic N) is 3. The van der Waals surface area contributed by atoms with Crippen LogP contribution in [0, 0.1) is 0 Å². The lowest BCUT2D eigenvalue weighted by Gasteiger charge is -2.22. The van der Waals surface area contributed by atoms with Gasteiger partial charge >= 0.3 is 0 Å². The third-order valence-electron chi connectivity index (χ3n) is 3.51. The van der Waals surface area contributed by atoms with E-state index >= 15 is 0 Å². The molecule has 1 aliphatic heterocycles. The Morgan fingerprint density at radius 2 is 2.24 bits per heavy atom.